The molecule has 0 spiro atoms. The zero-order valence-corrected chi connectivity index (χ0v) is 26.2. The van der Waals surface area contributed by atoms with Gasteiger partial charge in [0.05, 0.1) is 24.6 Å². The minimum absolute atomic E-state index is 0.286. The predicted octanol–water partition coefficient (Wildman–Crippen LogP) is 10.8. The molecule has 0 aliphatic carbocycles. The van der Waals surface area contributed by atoms with E-state index >= 15 is 0 Å². The molecule has 44 heavy (non-hydrogen) atoms. The molecular formula is C38H45N3O3. The summed E-state index contributed by atoms with van der Waals surface area (Å²) in [7, 11) is 0. The van der Waals surface area contributed by atoms with E-state index in [4.69, 9.17) is 9.47 Å². The van der Waals surface area contributed by atoms with Crippen molar-refractivity contribution in [2.24, 2.45) is 10.2 Å². The van der Waals surface area contributed by atoms with Crippen LogP contribution in [0, 0.1) is 6.92 Å². The molecule has 0 aromatic heterocycles. The first-order valence-corrected chi connectivity index (χ1v) is 15.8. The van der Waals surface area contributed by atoms with E-state index in [1.807, 2.05) is 36.4 Å². The average Bonchev–Trinajstić information content (AvgIpc) is 3.04. The lowest BCUT2D eigenvalue weighted by Crippen LogP contribution is -2.05. The molecule has 6 nitrogen and oxygen atoms in total. The van der Waals surface area contributed by atoms with Crippen LogP contribution in [0.15, 0.2) is 107 Å². The molecule has 4 rings (SSSR count). The summed E-state index contributed by atoms with van der Waals surface area (Å²) >= 11 is 0. The van der Waals surface area contributed by atoms with Crippen molar-refractivity contribution in [2.75, 3.05) is 18.5 Å². The Morgan fingerprint density at radius 2 is 1.36 bits per heavy atom. The molecule has 0 aliphatic heterocycles. The predicted molar refractivity (Wildman–Crippen MR) is 181 cm³/mol. The van der Waals surface area contributed by atoms with Crippen LogP contribution in [0.3, 0.4) is 0 Å². The van der Waals surface area contributed by atoms with Crippen molar-refractivity contribution in [2.45, 2.75) is 71.8 Å². The van der Waals surface area contributed by atoms with Crippen LogP contribution in [-0.2, 0) is 16.1 Å². The molecule has 0 unspecified atom stereocenters. The molecule has 0 bridgehead atoms. The summed E-state index contributed by atoms with van der Waals surface area (Å²) in [6.07, 6.45) is 9.14. The summed E-state index contributed by atoms with van der Waals surface area (Å²) in [6, 6.07) is 28.8. The fraction of sp³-hybridized carbons (Fsp3) is 0.342. The highest BCUT2D eigenvalue weighted by Gasteiger charge is 2.06. The summed E-state index contributed by atoms with van der Waals surface area (Å²) in [5, 5.41) is 14.8. The van der Waals surface area contributed by atoms with Crippen molar-refractivity contribution in [3.63, 3.8) is 0 Å². The number of carbonyl (C=O) groups excluding carboxylic acids is 1. The zero-order chi connectivity index (χ0) is 31.0. The quantitative estimate of drug-likeness (QED) is 0.0541. The van der Waals surface area contributed by atoms with Crippen molar-refractivity contribution in [3.8, 4) is 5.75 Å². The number of fused-ring (bicyclic) bond motifs is 1. The van der Waals surface area contributed by atoms with Crippen molar-refractivity contribution in [3.05, 3.63) is 108 Å². The molecule has 0 heterocycles. The Morgan fingerprint density at radius 3 is 2.05 bits per heavy atom. The molecule has 4 aromatic carbocycles. The number of carbonyl (C=O) groups is 1. The number of nitrogens with one attached hydrogen (secondary N) is 1. The van der Waals surface area contributed by atoms with Gasteiger partial charge in [-0.1, -0.05) is 99.2 Å². The number of esters is 1. The van der Waals surface area contributed by atoms with Crippen LogP contribution < -0.4 is 10.1 Å². The van der Waals surface area contributed by atoms with Gasteiger partial charge in [-0.2, -0.15) is 5.11 Å². The number of nitrogens with zero attached hydrogens (tertiary/aromatic N) is 2. The maximum Gasteiger partial charge on any atom is 0.333 e. The third-order valence-electron chi connectivity index (χ3n) is 7.50. The van der Waals surface area contributed by atoms with Gasteiger partial charge in [-0.15, -0.1) is 5.11 Å². The van der Waals surface area contributed by atoms with Crippen molar-refractivity contribution >= 4 is 33.8 Å². The number of aryl methyl sites for hydroxylation is 1. The van der Waals surface area contributed by atoms with Crippen LogP contribution in [0.25, 0.3) is 10.8 Å². The maximum absolute atomic E-state index is 11.3. The molecule has 0 atom stereocenters. The molecular weight excluding hydrogens is 546 g/mol. The third-order valence-corrected chi connectivity index (χ3v) is 7.50. The van der Waals surface area contributed by atoms with Crippen LogP contribution in [0.2, 0.25) is 0 Å². The monoisotopic (exact) mass is 591 g/mol. The summed E-state index contributed by atoms with van der Waals surface area (Å²) in [4.78, 5) is 11.3. The second-order valence-electron chi connectivity index (χ2n) is 11.3. The molecule has 0 saturated carbocycles. The number of benzene rings is 4. The van der Waals surface area contributed by atoms with Crippen LogP contribution >= 0.6 is 0 Å². The van der Waals surface area contributed by atoms with Gasteiger partial charge >= 0.3 is 5.97 Å². The van der Waals surface area contributed by atoms with Crippen LogP contribution in [0.5, 0.6) is 5.75 Å². The van der Waals surface area contributed by atoms with E-state index in [9.17, 15) is 4.79 Å². The SMILES string of the molecule is C=C(C)C(=O)OCCCCCCCCCCOc1ccc(CNc2ccc(N=Nc3ccc(C)cc3)c3ccccc23)cc1. The average molecular weight is 592 g/mol. The highest BCUT2D eigenvalue weighted by atomic mass is 16.5. The Labute approximate surface area is 262 Å². The van der Waals surface area contributed by atoms with Crippen molar-refractivity contribution in [1.82, 2.24) is 0 Å². The number of hydrogen-bond acceptors (Lipinski definition) is 6. The lowest BCUT2D eigenvalue weighted by atomic mass is 10.1. The van der Waals surface area contributed by atoms with Crippen LogP contribution in [0.1, 0.15) is 69.4 Å². The van der Waals surface area contributed by atoms with E-state index < -0.39 is 0 Å². The van der Waals surface area contributed by atoms with Gasteiger partial charge in [0.25, 0.3) is 0 Å². The third kappa shape index (κ3) is 10.7. The largest absolute Gasteiger partial charge is 0.494 e. The zero-order valence-electron chi connectivity index (χ0n) is 26.2. The van der Waals surface area contributed by atoms with Gasteiger partial charge in [0.2, 0.25) is 0 Å². The van der Waals surface area contributed by atoms with Gasteiger partial charge in [-0.05, 0) is 68.7 Å². The molecule has 230 valence electrons. The van der Waals surface area contributed by atoms with Crippen LogP contribution in [0.4, 0.5) is 17.1 Å². The standard InChI is InChI=1S/C38H45N3O3/c1-29(2)38(42)44-27-13-9-7-5-4-6-8-12-26-43-33-22-18-31(19-23-33)28-39-36-24-25-37(35-15-11-10-14-34(35)36)41-40-32-20-16-30(3)17-21-32/h10-11,14-25,39H,1,4-9,12-13,26-28H2,2-3H3. The molecule has 0 saturated heterocycles. The smallest absolute Gasteiger partial charge is 0.333 e. The number of hydrogen-bond donors (Lipinski definition) is 1. The fourth-order valence-electron chi connectivity index (χ4n) is 4.89. The molecule has 4 aromatic rings. The molecule has 0 fully saturated rings. The molecule has 0 amide bonds. The summed E-state index contributed by atoms with van der Waals surface area (Å²) in [5.74, 6) is 0.625. The van der Waals surface area contributed by atoms with E-state index in [0.29, 0.717) is 18.7 Å². The summed E-state index contributed by atoms with van der Waals surface area (Å²) < 4.78 is 11.1. The highest BCUT2D eigenvalue weighted by Crippen LogP contribution is 2.33. The summed E-state index contributed by atoms with van der Waals surface area (Å²) in [6.45, 7) is 9.29. The molecule has 1 N–H and O–H groups in total. The molecule has 6 heteroatoms. The number of anilines is 1. The van der Waals surface area contributed by atoms with E-state index in [0.717, 1.165) is 59.5 Å². The maximum atomic E-state index is 11.3. The number of azo groups is 1. The number of ether oxygens (including phenoxy) is 2. The van der Waals surface area contributed by atoms with Gasteiger partial charge < -0.3 is 14.8 Å². The Balaban J connectivity index is 1.13. The molecule has 0 aliphatic rings. The van der Waals surface area contributed by atoms with E-state index in [1.165, 1.54) is 43.2 Å². The minimum Gasteiger partial charge on any atom is -0.494 e. The van der Waals surface area contributed by atoms with E-state index in [-0.39, 0.29) is 5.97 Å². The Bertz CT molecular complexity index is 1510. The highest BCUT2D eigenvalue weighted by molar-refractivity contribution is 6.00. The fourth-order valence-corrected chi connectivity index (χ4v) is 4.89. The minimum atomic E-state index is -0.286. The Morgan fingerprint density at radius 1 is 0.727 bits per heavy atom. The lowest BCUT2D eigenvalue weighted by molar-refractivity contribution is -0.139. The van der Waals surface area contributed by atoms with Gasteiger partial charge in [0.1, 0.15) is 5.75 Å². The van der Waals surface area contributed by atoms with Crippen LogP contribution in [-0.4, -0.2) is 19.2 Å². The van der Waals surface area contributed by atoms with E-state index in [2.05, 4.69) is 77.6 Å². The number of unbranched alkanes of at least 4 members (excludes halogenated alkanes) is 7. The van der Waals surface area contributed by atoms with E-state index in [1.54, 1.807) is 6.92 Å². The topological polar surface area (TPSA) is 72.3 Å². The van der Waals surface area contributed by atoms with Gasteiger partial charge in [-0.3, -0.25) is 0 Å². The number of rotatable bonds is 18. The van der Waals surface area contributed by atoms with Gasteiger partial charge in [0, 0.05) is 28.6 Å². The van der Waals surface area contributed by atoms with Gasteiger partial charge in [-0.25, -0.2) is 4.79 Å². The van der Waals surface area contributed by atoms with Gasteiger partial charge in [0.15, 0.2) is 0 Å². The second kappa shape index (κ2) is 17.6. The lowest BCUT2D eigenvalue weighted by Gasteiger charge is -2.12. The normalized spacial score (nSPS) is 11.1. The summed E-state index contributed by atoms with van der Waals surface area (Å²) in [5.41, 5.74) is 5.62. The van der Waals surface area contributed by atoms with Crippen molar-refractivity contribution in [1.29, 1.82) is 0 Å². The first kappa shape index (κ1) is 32.5. The first-order chi connectivity index (χ1) is 21.5. The Hall–Kier alpha value is -4.45. The molecule has 0 radical (unpaired) electrons. The van der Waals surface area contributed by atoms with Crippen molar-refractivity contribution < 1.29 is 14.3 Å². The Kier molecular flexibility index (Phi) is 13.0. The second-order valence-corrected chi connectivity index (χ2v) is 11.3. The first-order valence-electron chi connectivity index (χ1n) is 15.8.